The quantitative estimate of drug-likeness (QED) is 0.595. The number of carbonyl (C=O) groups excluding carboxylic acids is 1. The van der Waals surface area contributed by atoms with Crippen LogP contribution in [0, 0.1) is 23.0 Å². The lowest BCUT2D eigenvalue weighted by Crippen LogP contribution is -2.40. The minimum absolute atomic E-state index is 0.0421. The summed E-state index contributed by atoms with van der Waals surface area (Å²) in [5, 5.41) is 11.2. The minimum Gasteiger partial charge on any atom is -0.366 e. The molecule has 1 saturated heterocycles. The smallest absolute Gasteiger partial charge is 0.270 e. The van der Waals surface area contributed by atoms with Gasteiger partial charge in [-0.3, -0.25) is 14.9 Å². The van der Waals surface area contributed by atoms with Crippen molar-refractivity contribution in [3.63, 3.8) is 0 Å². The SMILES string of the molecule is CCS(=O)(=O)N1CCC(C(C)c2cc([N+](=O)[O-])cc(C(N)=O)c2C)CC1. The van der Waals surface area contributed by atoms with Gasteiger partial charge in [0, 0.05) is 30.8 Å². The van der Waals surface area contributed by atoms with Gasteiger partial charge in [-0.05, 0) is 49.7 Å². The molecule has 2 rings (SSSR count). The number of nitrogens with zero attached hydrogens (tertiary/aromatic N) is 2. The highest BCUT2D eigenvalue weighted by Crippen LogP contribution is 2.37. The molecule has 0 bridgehead atoms. The molecule has 0 radical (unpaired) electrons. The number of sulfonamides is 1. The average molecular weight is 383 g/mol. The van der Waals surface area contributed by atoms with Gasteiger partial charge in [-0.1, -0.05) is 6.92 Å². The van der Waals surface area contributed by atoms with Gasteiger partial charge < -0.3 is 5.73 Å². The second-order valence-corrected chi connectivity index (χ2v) is 9.01. The van der Waals surface area contributed by atoms with Crippen molar-refractivity contribution in [2.75, 3.05) is 18.8 Å². The van der Waals surface area contributed by atoms with Gasteiger partial charge in [-0.25, -0.2) is 12.7 Å². The number of nitro groups is 1. The van der Waals surface area contributed by atoms with Crippen molar-refractivity contribution < 1.29 is 18.1 Å². The number of benzene rings is 1. The highest BCUT2D eigenvalue weighted by molar-refractivity contribution is 7.89. The van der Waals surface area contributed by atoms with Crippen molar-refractivity contribution >= 4 is 21.6 Å². The Morgan fingerprint density at radius 2 is 1.96 bits per heavy atom. The molecule has 2 N–H and O–H groups in total. The molecule has 1 amide bonds. The molecule has 1 heterocycles. The predicted octanol–water partition coefficient (Wildman–Crippen LogP) is 2.17. The molecule has 9 heteroatoms. The standard InChI is InChI=1S/C17H25N3O5S/c1-4-26(24,25)19-7-5-13(6-8-19)11(2)15-9-14(20(22)23)10-16(12(15)3)17(18)21/h9-11,13H,4-8H2,1-3H3,(H2,18,21). The van der Waals surface area contributed by atoms with Crippen molar-refractivity contribution in [2.24, 2.45) is 11.7 Å². The largest absolute Gasteiger partial charge is 0.366 e. The molecule has 144 valence electrons. The first-order valence-corrected chi connectivity index (χ1v) is 10.3. The Hall–Kier alpha value is -2.00. The maximum Gasteiger partial charge on any atom is 0.270 e. The summed E-state index contributed by atoms with van der Waals surface area (Å²) in [6, 6.07) is 2.71. The Kier molecular flexibility index (Phi) is 6.02. The van der Waals surface area contributed by atoms with E-state index in [0.717, 1.165) is 5.56 Å². The lowest BCUT2D eigenvalue weighted by atomic mass is 9.79. The van der Waals surface area contributed by atoms with Crippen LogP contribution in [0.5, 0.6) is 0 Å². The zero-order valence-corrected chi connectivity index (χ0v) is 16.1. The third kappa shape index (κ3) is 4.04. The number of rotatable bonds is 6. The molecule has 1 aromatic rings. The van der Waals surface area contributed by atoms with Gasteiger partial charge in [0.05, 0.1) is 10.7 Å². The number of carbonyl (C=O) groups is 1. The van der Waals surface area contributed by atoms with Crippen LogP contribution in [0.15, 0.2) is 12.1 Å². The van der Waals surface area contributed by atoms with E-state index in [1.54, 1.807) is 13.8 Å². The van der Waals surface area contributed by atoms with E-state index in [2.05, 4.69) is 0 Å². The Morgan fingerprint density at radius 1 is 1.38 bits per heavy atom. The van der Waals surface area contributed by atoms with E-state index in [9.17, 15) is 23.3 Å². The normalized spacial score (nSPS) is 17.8. The molecule has 1 unspecified atom stereocenters. The first-order valence-electron chi connectivity index (χ1n) is 8.65. The van der Waals surface area contributed by atoms with Crippen LogP contribution in [-0.2, 0) is 10.0 Å². The molecule has 1 aliphatic heterocycles. The molecule has 8 nitrogen and oxygen atoms in total. The first-order chi connectivity index (χ1) is 12.1. The van der Waals surface area contributed by atoms with Crippen molar-refractivity contribution in [3.05, 3.63) is 38.9 Å². The Bertz CT molecular complexity index is 814. The summed E-state index contributed by atoms with van der Waals surface area (Å²) in [6.45, 7) is 6.23. The second kappa shape index (κ2) is 7.71. The summed E-state index contributed by atoms with van der Waals surface area (Å²) in [5.74, 6) is -0.471. The lowest BCUT2D eigenvalue weighted by molar-refractivity contribution is -0.385. The molecule has 0 spiro atoms. The van der Waals surface area contributed by atoms with Crippen LogP contribution in [0.25, 0.3) is 0 Å². The number of hydrogen-bond acceptors (Lipinski definition) is 5. The average Bonchev–Trinajstić information content (AvgIpc) is 2.61. The van der Waals surface area contributed by atoms with E-state index in [1.165, 1.54) is 16.4 Å². The molecule has 0 aromatic heterocycles. The van der Waals surface area contributed by atoms with Gasteiger partial charge in [0.15, 0.2) is 0 Å². The van der Waals surface area contributed by atoms with E-state index >= 15 is 0 Å². The predicted molar refractivity (Wildman–Crippen MR) is 98.5 cm³/mol. The van der Waals surface area contributed by atoms with Crippen molar-refractivity contribution in [1.29, 1.82) is 0 Å². The summed E-state index contributed by atoms with van der Waals surface area (Å²) in [5.41, 5.74) is 6.76. The fourth-order valence-electron chi connectivity index (χ4n) is 3.65. The Morgan fingerprint density at radius 3 is 2.42 bits per heavy atom. The van der Waals surface area contributed by atoms with Crippen LogP contribution < -0.4 is 5.73 Å². The molecule has 1 atom stereocenters. The monoisotopic (exact) mass is 383 g/mol. The number of non-ortho nitro benzene ring substituents is 1. The molecule has 1 fully saturated rings. The highest BCUT2D eigenvalue weighted by Gasteiger charge is 2.31. The lowest BCUT2D eigenvalue weighted by Gasteiger charge is -2.34. The van der Waals surface area contributed by atoms with Crippen LogP contribution in [0.3, 0.4) is 0 Å². The van der Waals surface area contributed by atoms with Crippen LogP contribution in [0.2, 0.25) is 0 Å². The highest BCUT2D eigenvalue weighted by atomic mass is 32.2. The molecule has 0 aliphatic carbocycles. The number of nitrogens with two attached hydrogens (primary N) is 1. The molecular weight excluding hydrogens is 358 g/mol. The van der Waals surface area contributed by atoms with E-state index in [4.69, 9.17) is 5.73 Å². The Labute approximate surface area is 153 Å². The maximum absolute atomic E-state index is 12.0. The fraction of sp³-hybridized carbons (Fsp3) is 0.588. The summed E-state index contributed by atoms with van der Waals surface area (Å²) in [4.78, 5) is 22.3. The number of nitro benzene ring substituents is 1. The molecular formula is C17H25N3O5S. The zero-order valence-electron chi connectivity index (χ0n) is 15.3. The fourth-order valence-corrected chi connectivity index (χ4v) is 4.78. The van der Waals surface area contributed by atoms with Gasteiger partial charge in [-0.15, -0.1) is 0 Å². The van der Waals surface area contributed by atoms with E-state index in [0.29, 0.717) is 31.5 Å². The number of amides is 1. The van der Waals surface area contributed by atoms with Crippen molar-refractivity contribution in [2.45, 2.75) is 39.5 Å². The number of piperidine rings is 1. The third-order valence-electron chi connectivity index (χ3n) is 5.36. The molecule has 1 aliphatic rings. The van der Waals surface area contributed by atoms with Crippen molar-refractivity contribution in [1.82, 2.24) is 4.31 Å². The van der Waals surface area contributed by atoms with Crippen LogP contribution >= 0.6 is 0 Å². The topological polar surface area (TPSA) is 124 Å². The van der Waals surface area contributed by atoms with E-state index < -0.39 is 20.9 Å². The molecule has 26 heavy (non-hydrogen) atoms. The second-order valence-electron chi connectivity index (χ2n) is 6.75. The van der Waals surface area contributed by atoms with E-state index in [1.807, 2.05) is 6.92 Å². The van der Waals surface area contributed by atoms with Crippen LogP contribution in [0.1, 0.15) is 54.1 Å². The zero-order chi connectivity index (χ0) is 19.6. The third-order valence-corrected chi connectivity index (χ3v) is 7.24. The number of primary amides is 1. The minimum atomic E-state index is -3.20. The van der Waals surface area contributed by atoms with Gasteiger partial charge >= 0.3 is 0 Å². The summed E-state index contributed by atoms with van der Waals surface area (Å²) >= 11 is 0. The van der Waals surface area contributed by atoms with Gasteiger partial charge in [0.2, 0.25) is 15.9 Å². The summed E-state index contributed by atoms with van der Waals surface area (Å²) in [7, 11) is -3.20. The van der Waals surface area contributed by atoms with Crippen LogP contribution in [-0.4, -0.2) is 42.4 Å². The van der Waals surface area contributed by atoms with Crippen molar-refractivity contribution in [3.8, 4) is 0 Å². The van der Waals surface area contributed by atoms with Crippen LogP contribution in [0.4, 0.5) is 5.69 Å². The van der Waals surface area contributed by atoms with E-state index in [-0.39, 0.29) is 28.8 Å². The van der Waals surface area contributed by atoms with Gasteiger partial charge in [0.1, 0.15) is 0 Å². The first kappa shape index (κ1) is 20.3. The maximum atomic E-state index is 12.0. The molecule has 1 aromatic carbocycles. The van der Waals surface area contributed by atoms with Gasteiger partial charge in [0.25, 0.3) is 5.69 Å². The summed E-state index contributed by atoms with van der Waals surface area (Å²) < 4.78 is 25.5. The Balaban J connectivity index is 2.29. The summed E-state index contributed by atoms with van der Waals surface area (Å²) in [6.07, 6.45) is 1.35. The number of hydrogen-bond donors (Lipinski definition) is 1. The van der Waals surface area contributed by atoms with Gasteiger partial charge in [-0.2, -0.15) is 0 Å². The molecule has 0 saturated carbocycles.